The molecule has 2 aromatic carbocycles. The molecule has 34 heavy (non-hydrogen) atoms. The molecular formula is C26H22Cl2N4OS. The summed E-state index contributed by atoms with van der Waals surface area (Å²) in [7, 11) is 1.60. The standard InChI is InChI=1S/C26H22Cl2N4OS/c1-16-14-17(8-10-19(16)27)31-13-5-7-22(31)25-24(21-6-3-4-12-29-21)30-26(34)32(25)18-9-11-23(33-2)20(28)15-18/h3-15,24-25H,1-2H3,(H,30,34)/t24-,25-/m0/s1. The lowest BCUT2D eigenvalue weighted by atomic mass is 10.0. The van der Waals surface area contributed by atoms with Gasteiger partial charge in [0.1, 0.15) is 11.8 Å². The molecule has 5 nitrogen and oxygen atoms in total. The zero-order valence-corrected chi connectivity index (χ0v) is 20.9. The highest BCUT2D eigenvalue weighted by atomic mass is 35.5. The summed E-state index contributed by atoms with van der Waals surface area (Å²) < 4.78 is 7.52. The van der Waals surface area contributed by atoms with E-state index in [1.807, 2.05) is 67.7 Å². The van der Waals surface area contributed by atoms with Gasteiger partial charge in [-0.25, -0.2) is 0 Å². The van der Waals surface area contributed by atoms with Crippen LogP contribution in [0.15, 0.2) is 79.1 Å². The Morgan fingerprint density at radius 1 is 0.971 bits per heavy atom. The van der Waals surface area contributed by atoms with Gasteiger partial charge in [0, 0.05) is 34.5 Å². The largest absolute Gasteiger partial charge is 0.495 e. The number of nitrogens with one attached hydrogen (secondary N) is 1. The molecule has 1 aliphatic heterocycles. The van der Waals surface area contributed by atoms with Crippen molar-refractivity contribution >= 4 is 46.2 Å². The van der Waals surface area contributed by atoms with Crippen molar-refractivity contribution in [3.8, 4) is 11.4 Å². The Hall–Kier alpha value is -3.06. The summed E-state index contributed by atoms with van der Waals surface area (Å²) in [6, 6.07) is 21.4. The molecule has 1 aliphatic rings. The van der Waals surface area contributed by atoms with Crippen LogP contribution < -0.4 is 15.0 Å². The number of hydrogen-bond donors (Lipinski definition) is 1. The van der Waals surface area contributed by atoms with Crippen molar-refractivity contribution in [3.05, 3.63) is 106 Å². The summed E-state index contributed by atoms with van der Waals surface area (Å²) in [5.41, 5.74) is 4.85. The lowest BCUT2D eigenvalue weighted by molar-refractivity contribution is 0.415. The van der Waals surface area contributed by atoms with Crippen LogP contribution in [0.1, 0.15) is 29.0 Å². The van der Waals surface area contributed by atoms with Crippen molar-refractivity contribution in [2.75, 3.05) is 12.0 Å². The number of halogens is 2. The first-order valence-electron chi connectivity index (χ1n) is 10.8. The van der Waals surface area contributed by atoms with E-state index in [-0.39, 0.29) is 12.1 Å². The van der Waals surface area contributed by atoms with E-state index < -0.39 is 0 Å². The third-order valence-corrected chi connectivity index (χ3v) is 7.05. The normalized spacial score (nSPS) is 17.6. The first kappa shape index (κ1) is 22.7. The van der Waals surface area contributed by atoms with Gasteiger partial charge in [0.15, 0.2) is 5.11 Å². The van der Waals surface area contributed by atoms with E-state index in [4.69, 9.17) is 40.2 Å². The van der Waals surface area contributed by atoms with Crippen LogP contribution in [-0.4, -0.2) is 21.8 Å². The van der Waals surface area contributed by atoms with Crippen LogP contribution in [0, 0.1) is 6.92 Å². The molecular weight excluding hydrogens is 487 g/mol. The molecule has 1 fully saturated rings. The molecule has 2 aromatic heterocycles. The first-order valence-corrected chi connectivity index (χ1v) is 11.9. The van der Waals surface area contributed by atoms with Gasteiger partial charge in [-0.1, -0.05) is 29.3 Å². The highest BCUT2D eigenvalue weighted by molar-refractivity contribution is 7.80. The van der Waals surface area contributed by atoms with Crippen LogP contribution in [0.2, 0.25) is 10.0 Å². The predicted octanol–water partition coefficient (Wildman–Crippen LogP) is 6.67. The summed E-state index contributed by atoms with van der Waals surface area (Å²) >= 11 is 18.6. The number of aryl methyl sites for hydroxylation is 1. The van der Waals surface area contributed by atoms with Gasteiger partial charge in [0.2, 0.25) is 0 Å². The maximum Gasteiger partial charge on any atom is 0.174 e. The van der Waals surface area contributed by atoms with Gasteiger partial charge in [0.25, 0.3) is 0 Å². The highest BCUT2D eigenvalue weighted by Gasteiger charge is 2.42. The van der Waals surface area contributed by atoms with Crippen LogP contribution in [0.5, 0.6) is 5.75 Å². The lowest BCUT2D eigenvalue weighted by Crippen LogP contribution is -2.30. The molecule has 1 saturated heterocycles. The SMILES string of the molecule is COc1ccc(N2C(=S)N[C@@H](c3ccccn3)[C@@H]2c2cccn2-c2ccc(Cl)c(C)c2)cc1Cl. The van der Waals surface area contributed by atoms with E-state index in [0.717, 1.165) is 33.3 Å². The summed E-state index contributed by atoms with van der Waals surface area (Å²) in [4.78, 5) is 6.73. The monoisotopic (exact) mass is 508 g/mol. The number of pyridine rings is 1. The van der Waals surface area contributed by atoms with Gasteiger partial charge < -0.3 is 19.5 Å². The van der Waals surface area contributed by atoms with Gasteiger partial charge >= 0.3 is 0 Å². The Morgan fingerprint density at radius 2 is 1.79 bits per heavy atom. The highest BCUT2D eigenvalue weighted by Crippen LogP contribution is 2.43. The Balaban J connectivity index is 1.67. The minimum Gasteiger partial charge on any atom is -0.495 e. The second-order valence-corrected chi connectivity index (χ2v) is 9.25. The Bertz CT molecular complexity index is 1360. The maximum atomic E-state index is 6.50. The molecule has 0 amide bonds. The zero-order valence-electron chi connectivity index (χ0n) is 18.6. The average Bonchev–Trinajstić information content (AvgIpc) is 3.45. The van der Waals surface area contributed by atoms with Crippen LogP contribution in [-0.2, 0) is 0 Å². The van der Waals surface area contributed by atoms with Crippen LogP contribution in [0.3, 0.4) is 0 Å². The Labute approximate surface area is 213 Å². The van der Waals surface area contributed by atoms with E-state index in [9.17, 15) is 0 Å². The molecule has 4 aromatic rings. The van der Waals surface area contributed by atoms with E-state index >= 15 is 0 Å². The fraction of sp³-hybridized carbons (Fsp3) is 0.154. The van der Waals surface area contributed by atoms with Crippen molar-refractivity contribution in [1.82, 2.24) is 14.9 Å². The van der Waals surface area contributed by atoms with Gasteiger partial charge in [-0.15, -0.1) is 0 Å². The second-order valence-electron chi connectivity index (χ2n) is 8.05. The third-order valence-electron chi connectivity index (χ3n) is 6.01. The van der Waals surface area contributed by atoms with Gasteiger partial charge in [-0.05, 0) is 85.4 Å². The molecule has 0 aliphatic carbocycles. The van der Waals surface area contributed by atoms with Crippen molar-refractivity contribution in [2.45, 2.75) is 19.0 Å². The lowest BCUT2D eigenvalue weighted by Gasteiger charge is -2.29. The van der Waals surface area contributed by atoms with Crippen LogP contribution >= 0.6 is 35.4 Å². The van der Waals surface area contributed by atoms with Crippen molar-refractivity contribution in [2.24, 2.45) is 0 Å². The van der Waals surface area contributed by atoms with Crippen molar-refractivity contribution in [3.63, 3.8) is 0 Å². The number of thiocarbonyl (C=S) groups is 1. The van der Waals surface area contributed by atoms with E-state index in [1.165, 1.54) is 0 Å². The smallest absolute Gasteiger partial charge is 0.174 e. The number of methoxy groups -OCH3 is 1. The predicted molar refractivity (Wildman–Crippen MR) is 141 cm³/mol. The minimum absolute atomic E-state index is 0.170. The summed E-state index contributed by atoms with van der Waals surface area (Å²) in [5, 5.41) is 5.35. The Morgan fingerprint density at radius 3 is 2.50 bits per heavy atom. The number of aromatic nitrogens is 2. The molecule has 0 saturated carbocycles. The molecule has 0 unspecified atom stereocenters. The summed E-state index contributed by atoms with van der Waals surface area (Å²) in [6.07, 6.45) is 3.85. The van der Waals surface area contributed by atoms with Crippen LogP contribution in [0.25, 0.3) is 5.69 Å². The molecule has 0 spiro atoms. The molecule has 2 atom stereocenters. The van der Waals surface area contributed by atoms with Gasteiger partial charge in [-0.2, -0.15) is 0 Å². The van der Waals surface area contributed by atoms with Crippen LogP contribution in [0.4, 0.5) is 5.69 Å². The number of hydrogen-bond acceptors (Lipinski definition) is 3. The topological polar surface area (TPSA) is 42.3 Å². The molecule has 0 bridgehead atoms. The summed E-state index contributed by atoms with van der Waals surface area (Å²) in [5.74, 6) is 0.612. The van der Waals surface area contributed by atoms with E-state index in [0.29, 0.717) is 15.9 Å². The van der Waals surface area contributed by atoms with Crippen molar-refractivity contribution < 1.29 is 4.74 Å². The fourth-order valence-electron chi connectivity index (χ4n) is 4.39. The second kappa shape index (κ2) is 9.29. The molecule has 172 valence electrons. The minimum atomic E-state index is -0.183. The first-order chi connectivity index (χ1) is 16.5. The maximum absolute atomic E-state index is 6.50. The third kappa shape index (κ3) is 4.02. The molecule has 5 rings (SSSR count). The number of rotatable bonds is 5. The number of ether oxygens (including phenoxy) is 1. The van der Waals surface area contributed by atoms with Gasteiger partial charge in [0.05, 0.1) is 23.9 Å². The van der Waals surface area contributed by atoms with Crippen molar-refractivity contribution in [1.29, 1.82) is 0 Å². The molecule has 8 heteroatoms. The number of benzene rings is 2. The molecule has 0 radical (unpaired) electrons. The fourth-order valence-corrected chi connectivity index (χ4v) is 5.10. The molecule has 3 heterocycles. The molecule has 1 N–H and O–H groups in total. The Kier molecular flexibility index (Phi) is 6.21. The summed E-state index contributed by atoms with van der Waals surface area (Å²) in [6.45, 7) is 2.00. The van der Waals surface area contributed by atoms with E-state index in [1.54, 1.807) is 13.3 Å². The quantitative estimate of drug-likeness (QED) is 0.304. The van der Waals surface area contributed by atoms with E-state index in [2.05, 4.69) is 31.9 Å². The average molecular weight is 509 g/mol. The number of nitrogens with zero attached hydrogens (tertiary/aromatic N) is 3. The zero-order chi connectivity index (χ0) is 23.8. The van der Waals surface area contributed by atoms with Gasteiger partial charge in [-0.3, -0.25) is 4.98 Å². The number of anilines is 1.